The highest BCUT2D eigenvalue weighted by molar-refractivity contribution is 5.90. The van der Waals surface area contributed by atoms with Gasteiger partial charge in [0.2, 0.25) is 5.88 Å². The molecule has 1 rings (SSSR count). The molecule has 1 heterocycles. The zero-order valence-corrected chi connectivity index (χ0v) is 7.37. The fraction of sp³-hybridized carbons (Fsp3) is 0.500. The van der Waals surface area contributed by atoms with Gasteiger partial charge in [0.15, 0.2) is 0 Å². The first-order valence-corrected chi connectivity index (χ1v) is 3.64. The number of hydrogen-bond acceptors (Lipinski definition) is 4. The van der Waals surface area contributed by atoms with E-state index >= 15 is 0 Å². The van der Waals surface area contributed by atoms with Crippen LogP contribution in [0.4, 0.5) is 0 Å². The summed E-state index contributed by atoms with van der Waals surface area (Å²) in [6, 6.07) is 0.0309. The summed E-state index contributed by atoms with van der Waals surface area (Å²) < 4.78 is 0. The Kier molecular flexibility index (Phi) is 2.46. The van der Waals surface area contributed by atoms with Gasteiger partial charge >= 0.3 is 0 Å². The molecule has 0 aromatic heterocycles. The Morgan fingerprint density at radius 2 is 1.92 bits per heavy atom. The van der Waals surface area contributed by atoms with Crippen LogP contribution in [0.25, 0.3) is 0 Å². The fourth-order valence-corrected chi connectivity index (χ4v) is 0.795. The van der Waals surface area contributed by atoms with Gasteiger partial charge in [-0.2, -0.15) is 9.98 Å². The summed E-state index contributed by atoms with van der Waals surface area (Å²) in [7, 11) is 3.81. The molecule has 4 heteroatoms. The zero-order chi connectivity index (χ0) is 9.14. The van der Waals surface area contributed by atoms with Crippen molar-refractivity contribution in [3.8, 4) is 0 Å². The molecule has 64 valence electrons. The van der Waals surface area contributed by atoms with Gasteiger partial charge in [-0.1, -0.05) is 0 Å². The summed E-state index contributed by atoms with van der Waals surface area (Å²) in [5.41, 5.74) is 0.527. The van der Waals surface area contributed by atoms with Gasteiger partial charge < -0.3 is 10.0 Å². The molecule has 0 saturated heterocycles. The molecule has 12 heavy (non-hydrogen) atoms. The first-order chi connectivity index (χ1) is 5.63. The summed E-state index contributed by atoms with van der Waals surface area (Å²) in [6.45, 7) is 1.93. The van der Waals surface area contributed by atoms with Crippen LogP contribution >= 0.6 is 0 Å². The van der Waals surface area contributed by atoms with Crippen LogP contribution < -0.4 is 0 Å². The Morgan fingerprint density at radius 3 is 2.42 bits per heavy atom. The summed E-state index contributed by atoms with van der Waals surface area (Å²) in [6.07, 6.45) is 0. The van der Waals surface area contributed by atoms with E-state index in [1.165, 1.54) is 0 Å². The van der Waals surface area contributed by atoms with Crippen LogP contribution in [-0.4, -0.2) is 41.9 Å². The highest BCUT2D eigenvalue weighted by atomic mass is 16.3. The van der Waals surface area contributed by atoms with Crippen molar-refractivity contribution >= 4 is 11.7 Å². The third-order valence-electron chi connectivity index (χ3n) is 1.79. The molecule has 0 aromatic rings. The molecule has 0 aromatic carbocycles. The van der Waals surface area contributed by atoms with Crippen molar-refractivity contribution in [1.82, 2.24) is 4.90 Å². The van der Waals surface area contributed by atoms with E-state index in [4.69, 9.17) is 0 Å². The number of rotatable bonds is 2. The number of aliphatic hydroxyl groups excluding tert-OH is 1. The average molecular weight is 165 g/mol. The second-order valence-electron chi connectivity index (χ2n) is 2.80. The fourth-order valence-electron chi connectivity index (χ4n) is 0.795. The molecule has 1 aliphatic heterocycles. The normalized spacial score (nSPS) is 17.7. The monoisotopic (exact) mass is 165 g/mol. The lowest BCUT2D eigenvalue weighted by Crippen LogP contribution is -2.27. The maximum Gasteiger partial charge on any atom is 0.244 e. The molecule has 0 spiro atoms. The highest BCUT2D eigenvalue weighted by Crippen LogP contribution is 2.13. The lowest BCUT2D eigenvalue weighted by molar-refractivity contribution is 0.323. The van der Waals surface area contributed by atoms with Crippen molar-refractivity contribution in [2.24, 2.45) is 9.98 Å². The van der Waals surface area contributed by atoms with E-state index in [1.54, 1.807) is 0 Å². The molecule has 1 aliphatic rings. The summed E-state index contributed by atoms with van der Waals surface area (Å²) in [5.74, 6) is 4.73. The topological polar surface area (TPSA) is 48.2 Å². The van der Waals surface area contributed by atoms with Gasteiger partial charge in [-0.25, -0.2) is 0 Å². The molecule has 0 fully saturated rings. The molecule has 1 atom stereocenters. The standard InChI is InChI=1S/C8H11N3O/c1-6(11(2)3)7-8(12)10-5-4-9-7/h6H,1-3H3,(H,10,12). The van der Waals surface area contributed by atoms with Crippen molar-refractivity contribution in [2.75, 3.05) is 14.1 Å². The van der Waals surface area contributed by atoms with Crippen LogP contribution in [0.15, 0.2) is 21.6 Å². The first-order valence-electron chi connectivity index (χ1n) is 3.64. The summed E-state index contributed by atoms with van der Waals surface area (Å²) in [4.78, 5) is 9.36. The van der Waals surface area contributed by atoms with Gasteiger partial charge in [-0.15, -0.1) is 0 Å². The Bertz CT molecular complexity index is 304. The van der Waals surface area contributed by atoms with Crippen LogP contribution in [0, 0.1) is 0 Å². The quantitative estimate of drug-likeness (QED) is 0.650. The Balaban J connectivity index is 2.91. The second kappa shape index (κ2) is 3.37. The van der Waals surface area contributed by atoms with E-state index in [-0.39, 0.29) is 11.9 Å². The van der Waals surface area contributed by atoms with E-state index in [0.29, 0.717) is 5.70 Å². The minimum atomic E-state index is -0.0741. The van der Waals surface area contributed by atoms with Crippen molar-refractivity contribution < 1.29 is 5.11 Å². The largest absolute Gasteiger partial charge is 0.491 e. The van der Waals surface area contributed by atoms with Crippen LogP contribution in [0.1, 0.15) is 6.92 Å². The Hall–Kier alpha value is -1.34. The zero-order valence-electron chi connectivity index (χ0n) is 7.37. The molecular weight excluding hydrogens is 154 g/mol. The van der Waals surface area contributed by atoms with Crippen molar-refractivity contribution in [1.29, 1.82) is 0 Å². The SMILES string of the molecule is CC(C1=C(O)N=C=C=N1)N(C)C. The van der Waals surface area contributed by atoms with Crippen molar-refractivity contribution in [2.45, 2.75) is 13.0 Å². The van der Waals surface area contributed by atoms with Gasteiger partial charge in [-0.05, 0) is 21.0 Å². The van der Waals surface area contributed by atoms with Crippen LogP contribution in [0.5, 0.6) is 0 Å². The number of aliphatic imine (C=N–C) groups is 2. The second-order valence-corrected chi connectivity index (χ2v) is 2.80. The molecule has 1 unspecified atom stereocenters. The Morgan fingerprint density at radius 1 is 1.33 bits per heavy atom. The molecule has 0 bridgehead atoms. The van der Waals surface area contributed by atoms with Crippen LogP contribution in [0.2, 0.25) is 0 Å². The number of aliphatic hydroxyl groups is 1. The minimum Gasteiger partial charge on any atom is -0.491 e. The lowest BCUT2D eigenvalue weighted by Gasteiger charge is -2.19. The minimum absolute atomic E-state index is 0.0309. The third kappa shape index (κ3) is 1.63. The summed E-state index contributed by atoms with van der Waals surface area (Å²) in [5, 5.41) is 9.28. The summed E-state index contributed by atoms with van der Waals surface area (Å²) >= 11 is 0. The van der Waals surface area contributed by atoms with Crippen LogP contribution in [0.3, 0.4) is 0 Å². The molecule has 4 nitrogen and oxygen atoms in total. The van der Waals surface area contributed by atoms with Gasteiger partial charge in [0.1, 0.15) is 5.70 Å². The maximum atomic E-state index is 9.28. The molecule has 1 N–H and O–H groups in total. The predicted molar refractivity (Wildman–Crippen MR) is 47.7 cm³/mol. The Labute approximate surface area is 71.3 Å². The van der Waals surface area contributed by atoms with E-state index < -0.39 is 0 Å². The number of nitrogens with zero attached hydrogens (tertiary/aromatic N) is 3. The third-order valence-corrected chi connectivity index (χ3v) is 1.79. The molecular formula is C8H11N3O. The van der Waals surface area contributed by atoms with Gasteiger partial charge in [-0.3, -0.25) is 0 Å². The van der Waals surface area contributed by atoms with Gasteiger partial charge in [0, 0.05) is 0 Å². The van der Waals surface area contributed by atoms with E-state index in [0.717, 1.165) is 0 Å². The number of hydrogen-bond donors (Lipinski definition) is 1. The number of likely N-dealkylation sites (N-methyl/N-ethyl adjacent to an activating group) is 1. The maximum absolute atomic E-state index is 9.28. The molecule has 0 aliphatic carbocycles. The van der Waals surface area contributed by atoms with E-state index in [1.807, 2.05) is 25.9 Å². The molecule has 0 amide bonds. The van der Waals surface area contributed by atoms with Crippen LogP contribution in [-0.2, 0) is 0 Å². The molecule has 0 radical (unpaired) electrons. The first kappa shape index (κ1) is 8.75. The highest BCUT2D eigenvalue weighted by Gasteiger charge is 2.15. The lowest BCUT2D eigenvalue weighted by atomic mass is 10.2. The van der Waals surface area contributed by atoms with Crippen molar-refractivity contribution in [3.05, 3.63) is 11.6 Å². The smallest absolute Gasteiger partial charge is 0.244 e. The average Bonchev–Trinajstić information content (AvgIpc) is 2.04. The van der Waals surface area contributed by atoms with Gasteiger partial charge in [0.25, 0.3) is 0 Å². The van der Waals surface area contributed by atoms with Gasteiger partial charge in [0.05, 0.1) is 17.8 Å². The van der Waals surface area contributed by atoms with E-state index in [9.17, 15) is 5.11 Å². The predicted octanol–water partition coefficient (Wildman–Crippen LogP) is 0.573. The van der Waals surface area contributed by atoms with Crippen molar-refractivity contribution in [3.63, 3.8) is 0 Å². The van der Waals surface area contributed by atoms with E-state index in [2.05, 4.69) is 21.7 Å². The molecule has 0 saturated carbocycles.